The Kier molecular flexibility index (Phi) is 5.66. The van der Waals surface area contributed by atoms with Crippen molar-refractivity contribution >= 4 is 27.6 Å². The fraction of sp³-hybridized carbons (Fsp3) is 0.500. The zero-order chi connectivity index (χ0) is 13.6. The summed E-state index contributed by atoms with van der Waals surface area (Å²) in [6, 6.07) is 7.79. The molecule has 0 spiro atoms. The van der Waals surface area contributed by atoms with Gasteiger partial charge in [0, 0.05) is 10.2 Å². The zero-order valence-electron chi connectivity index (χ0n) is 11.1. The number of carbonyl (C=O) groups is 1. The smallest absolute Gasteiger partial charge is 0.331 e. The molecule has 3 nitrogen and oxygen atoms in total. The highest BCUT2D eigenvalue weighted by molar-refractivity contribution is 9.10. The number of carbonyl (C=O) groups excluding carboxylic acids is 1. The van der Waals surface area contributed by atoms with Crippen LogP contribution in [0.15, 0.2) is 28.7 Å². The quantitative estimate of drug-likeness (QED) is 0.807. The van der Waals surface area contributed by atoms with E-state index in [0.717, 1.165) is 10.2 Å². The van der Waals surface area contributed by atoms with Gasteiger partial charge in [0.15, 0.2) is 0 Å². The molecule has 100 valence electrons. The minimum absolute atomic E-state index is 0.182. The second-order valence-corrected chi connectivity index (χ2v) is 5.06. The normalized spacial score (nSPS) is 11.1. The van der Waals surface area contributed by atoms with Crippen LogP contribution in [0.3, 0.4) is 0 Å². The summed E-state index contributed by atoms with van der Waals surface area (Å²) in [7, 11) is 0. The lowest BCUT2D eigenvalue weighted by atomic mass is 9.92. The molecule has 0 aliphatic rings. The van der Waals surface area contributed by atoms with Crippen LogP contribution in [-0.2, 0) is 9.53 Å². The van der Waals surface area contributed by atoms with Crippen molar-refractivity contribution in [1.82, 2.24) is 0 Å². The fourth-order valence-corrected chi connectivity index (χ4v) is 2.11. The number of rotatable bonds is 6. The van der Waals surface area contributed by atoms with E-state index in [-0.39, 0.29) is 5.97 Å². The van der Waals surface area contributed by atoms with Crippen molar-refractivity contribution in [3.8, 4) is 0 Å². The van der Waals surface area contributed by atoms with E-state index in [1.54, 1.807) is 0 Å². The van der Waals surface area contributed by atoms with E-state index >= 15 is 0 Å². The van der Waals surface area contributed by atoms with E-state index in [9.17, 15) is 4.79 Å². The van der Waals surface area contributed by atoms with Crippen molar-refractivity contribution in [3.05, 3.63) is 28.7 Å². The summed E-state index contributed by atoms with van der Waals surface area (Å²) >= 11 is 3.39. The third-order valence-electron chi connectivity index (χ3n) is 3.10. The molecule has 1 rings (SSSR count). The number of esters is 1. The highest BCUT2D eigenvalue weighted by Gasteiger charge is 2.36. The third kappa shape index (κ3) is 3.48. The number of anilines is 1. The van der Waals surface area contributed by atoms with E-state index in [1.165, 1.54) is 0 Å². The molecule has 1 N–H and O–H groups in total. The topological polar surface area (TPSA) is 38.3 Å². The van der Waals surface area contributed by atoms with Gasteiger partial charge in [0.2, 0.25) is 0 Å². The van der Waals surface area contributed by atoms with Gasteiger partial charge in [0.05, 0.1) is 6.61 Å². The SMILES string of the molecule is CCOC(=O)C(CC)(CC)Nc1ccc(Br)cc1. The van der Waals surface area contributed by atoms with Crippen molar-refractivity contribution < 1.29 is 9.53 Å². The molecule has 0 heterocycles. The molecule has 1 aromatic carbocycles. The lowest BCUT2D eigenvalue weighted by Crippen LogP contribution is -2.46. The van der Waals surface area contributed by atoms with Crippen molar-refractivity contribution in [3.63, 3.8) is 0 Å². The van der Waals surface area contributed by atoms with Crippen LogP contribution in [0, 0.1) is 0 Å². The van der Waals surface area contributed by atoms with Gasteiger partial charge in [-0.2, -0.15) is 0 Å². The Hall–Kier alpha value is -1.03. The molecular formula is C14H20BrNO2. The van der Waals surface area contributed by atoms with E-state index in [2.05, 4.69) is 21.2 Å². The average molecular weight is 314 g/mol. The number of hydrogen-bond acceptors (Lipinski definition) is 3. The van der Waals surface area contributed by atoms with Crippen LogP contribution >= 0.6 is 15.9 Å². The Morgan fingerprint density at radius 1 is 1.22 bits per heavy atom. The van der Waals surface area contributed by atoms with Gasteiger partial charge in [-0.25, -0.2) is 4.79 Å². The molecule has 18 heavy (non-hydrogen) atoms. The molecule has 0 amide bonds. The lowest BCUT2D eigenvalue weighted by Gasteiger charge is -2.31. The standard InChI is InChI=1S/C14H20BrNO2/c1-4-14(5-2,13(17)18-6-3)16-12-9-7-11(15)8-10-12/h7-10,16H,4-6H2,1-3H3. The second-order valence-electron chi connectivity index (χ2n) is 4.14. The monoisotopic (exact) mass is 313 g/mol. The maximum absolute atomic E-state index is 12.1. The Labute approximate surface area is 117 Å². The second kappa shape index (κ2) is 6.78. The molecule has 0 radical (unpaired) electrons. The van der Waals surface area contributed by atoms with Crippen LogP contribution in [0.1, 0.15) is 33.6 Å². The molecule has 0 saturated heterocycles. The molecule has 0 saturated carbocycles. The van der Waals surface area contributed by atoms with Gasteiger partial charge >= 0.3 is 5.97 Å². The number of ether oxygens (including phenoxy) is 1. The van der Waals surface area contributed by atoms with Gasteiger partial charge in [-0.3, -0.25) is 0 Å². The van der Waals surface area contributed by atoms with Crippen LogP contribution in [0.25, 0.3) is 0 Å². The highest BCUT2D eigenvalue weighted by atomic mass is 79.9. The molecular weight excluding hydrogens is 294 g/mol. The predicted molar refractivity (Wildman–Crippen MR) is 77.7 cm³/mol. The van der Waals surface area contributed by atoms with Gasteiger partial charge in [-0.05, 0) is 44.0 Å². The summed E-state index contributed by atoms with van der Waals surface area (Å²) in [4.78, 5) is 12.1. The van der Waals surface area contributed by atoms with E-state index in [0.29, 0.717) is 19.4 Å². The number of halogens is 1. The van der Waals surface area contributed by atoms with Gasteiger partial charge in [-0.1, -0.05) is 29.8 Å². The molecule has 4 heteroatoms. The maximum atomic E-state index is 12.1. The molecule has 0 fully saturated rings. The Morgan fingerprint density at radius 2 is 1.78 bits per heavy atom. The number of benzene rings is 1. The molecule has 0 aliphatic carbocycles. The van der Waals surface area contributed by atoms with E-state index in [4.69, 9.17) is 4.74 Å². The largest absolute Gasteiger partial charge is 0.464 e. The molecule has 0 atom stereocenters. The van der Waals surface area contributed by atoms with Crippen LogP contribution < -0.4 is 5.32 Å². The highest BCUT2D eigenvalue weighted by Crippen LogP contribution is 2.25. The van der Waals surface area contributed by atoms with Crippen LogP contribution in [0.5, 0.6) is 0 Å². The summed E-state index contributed by atoms with van der Waals surface area (Å²) < 4.78 is 6.19. The summed E-state index contributed by atoms with van der Waals surface area (Å²) in [6.07, 6.45) is 1.39. The first kappa shape index (κ1) is 15.0. The van der Waals surface area contributed by atoms with Gasteiger partial charge in [0.25, 0.3) is 0 Å². The fourth-order valence-electron chi connectivity index (χ4n) is 1.85. The van der Waals surface area contributed by atoms with Crippen LogP contribution in [0.2, 0.25) is 0 Å². The maximum Gasteiger partial charge on any atom is 0.331 e. The first-order valence-corrected chi connectivity index (χ1v) is 7.08. The molecule has 0 bridgehead atoms. The van der Waals surface area contributed by atoms with Crippen LogP contribution in [-0.4, -0.2) is 18.1 Å². The minimum Gasteiger partial charge on any atom is -0.464 e. The summed E-state index contributed by atoms with van der Waals surface area (Å²) in [5, 5.41) is 3.31. The molecule has 1 aromatic rings. The van der Waals surface area contributed by atoms with E-state index in [1.807, 2.05) is 45.0 Å². The van der Waals surface area contributed by atoms with Crippen molar-refractivity contribution in [2.45, 2.75) is 39.2 Å². The Bertz CT molecular complexity index is 385. The predicted octanol–water partition coefficient (Wildman–Crippen LogP) is 3.98. The Morgan fingerprint density at radius 3 is 2.22 bits per heavy atom. The van der Waals surface area contributed by atoms with E-state index < -0.39 is 5.54 Å². The molecule has 0 aromatic heterocycles. The lowest BCUT2D eigenvalue weighted by molar-refractivity contribution is -0.148. The summed E-state index contributed by atoms with van der Waals surface area (Å²) in [6.45, 7) is 6.22. The minimum atomic E-state index is -0.635. The molecule has 0 unspecified atom stereocenters. The first-order chi connectivity index (χ1) is 8.57. The van der Waals surface area contributed by atoms with Gasteiger partial charge < -0.3 is 10.1 Å². The Balaban J connectivity index is 2.91. The summed E-state index contributed by atoms with van der Waals surface area (Å²) in [5.74, 6) is -0.182. The summed E-state index contributed by atoms with van der Waals surface area (Å²) in [5.41, 5.74) is 0.291. The van der Waals surface area contributed by atoms with Crippen molar-refractivity contribution in [2.75, 3.05) is 11.9 Å². The number of hydrogen-bond donors (Lipinski definition) is 1. The van der Waals surface area contributed by atoms with Crippen molar-refractivity contribution in [1.29, 1.82) is 0 Å². The van der Waals surface area contributed by atoms with Gasteiger partial charge in [0.1, 0.15) is 5.54 Å². The zero-order valence-corrected chi connectivity index (χ0v) is 12.7. The van der Waals surface area contributed by atoms with Gasteiger partial charge in [-0.15, -0.1) is 0 Å². The first-order valence-electron chi connectivity index (χ1n) is 6.29. The average Bonchev–Trinajstić information content (AvgIpc) is 2.38. The van der Waals surface area contributed by atoms with Crippen LogP contribution in [0.4, 0.5) is 5.69 Å². The molecule has 0 aliphatic heterocycles. The number of nitrogens with one attached hydrogen (secondary N) is 1. The van der Waals surface area contributed by atoms with Crippen molar-refractivity contribution in [2.24, 2.45) is 0 Å². The third-order valence-corrected chi connectivity index (χ3v) is 3.63.